The van der Waals surface area contributed by atoms with Gasteiger partial charge in [0, 0.05) is 49.4 Å². The molecule has 5 rings (SSSR count). The lowest BCUT2D eigenvalue weighted by Gasteiger charge is -2.49. The lowest BCUT2D eigenvalue weighted by Crippen LogP contribution is -2.61. The van der Waals surface area contributed by atoms with E-state index in [4.69, 9.17) is 4.74 Å². The molecule has 7 heteroatoms. The molecule has 178 valence electrons. The van der Waals surface area contributed by atoms with Crippen LogP contribution in [0.2, 0.25) is 0 Å². The van der Waals surface area contributed by atoms with Crippen LogP contribution >= 0.6 is 11.3 Å². The summed E-state index contributed by atoms with van der Waals surface area (Å²) in [5.41, 5.74) is 3.46. The van der Waals surface area contributed by atoms with Crippen LogP contribution in [-0.4, -0.2) is 50.1 Å². The first-order valence-electron chi connectivity index (χ1n) is 11.8. The van der Waals surface area contributed by atoms with Crippen molar-refractivity contribution < 1.29 is 13.9 Å². The number of hydrogen-bond acceptors (Lipinski definition) is 5. The molecule has 0 saturated carbocycles. The molecule has 0 aliphatic carbocycles. The molecule has 0 spiro atoms. The predicted octanol–water partition coefficient (Wildman–Crippen LogP) is 4.12. The average Bonchev–Trinajstić information content (AvgIpc) is 3.38. The number of carbonyl (C=O) groups is 1. The molecular formula is C27H30FN3O2S. The standard InChI is InChI=1S/C27H30FN3O2S/c1-33-22-9-6-20-15-24(27(32)29-11-10-23-3-2-14-34-23)26-18-30(12-13-31(26)25(20)16-22)17-19-4-7-21(28)8-5-19/h2-9,14,16,24,26H,10-13,15,17-18H2,1H3,(H,29,32). The van der Waals surface area contributed by atoms with Crippen molar-refractivity contribution in [3.05, 3.63) is 81.8 Å². The number of fused-ring (bicyclic) bond motifs is 3. The van der Waals surface area contributed by atoms with Gasteiger partial charge in [-0.05, 0) is 53.6 Å². The van der Waals surface area contributed by atoms with E-state index in [1.807, 2.05) is 24.3 Å². The molecule has 0 radical (unpaired) electrons. The topological polar surface area (TPSA) is 44.8 Å². The Labute approximate surface area is 204 Å². The highest BCUT2D eigenvalue weighted by Gasteiger charge is 2.41. The highest BCUT2D eigenvalue weighted by Crippen LogP contribution is 2.38. The van der Waals surface area contributed by atoms with Crippen molar-refractivity contribution in [3.8, 4) is 5.75 Å². The van der Waals surface area contributed by atoms with Crippen LogP contribution in [0.25, 0.3) is 0 Å². The quantitative estimate of drug-likeness (QED) is 0.554. The van der Waals surface area contributed by atoms with E-state index in [0.717, 1.165) is 50.3 Å². The summed E-state index contributed by atoms with van der Waals surface area (Å²) < 4.78 is 18.8. The number of piperazine rings is 1. The van der Waals surface area contributed by atoms with Gasteiger partial charge < -0.3 is 15.0 Å². The fourth-order valence-electron chi connectivity index (χ4n) is 5.15. The van der Waals surface area contributed by atoms with Gasteiger partial charge in [0.2, 0.25) is 5.91 Å². The Kier molecular flexibility index (Phi) is 6.83. The average molecular weight is 480 g/mol. The number of methoxy groups -OCH3 is 1. The summed E-state index contributed by atoms with van der Waals surface area (Å²) in [4.78, 5) is 19.5. The molecule has 1 saturated heterocycles. The second kappa shape index (κ2) is 10.2. The zero-order valence-electron chi connectivity index (χ0n) is 19.4. The number of benzene rings is 2. The first-order chi connectivity index (χ1) is 16.6. The Balaban J connectivity index is 1.34. The first-order valence-corrected chi connectivity index (χ1v) is 12.7. The third kappa shape index (κ3) is 4.95. The molecule has 1 fully saturated rings. The van der Waals surface area contributed by atoms with E-state index in [2.05, 4.69) is 38.7 Å². The van der Waals surface area contributed by atoms with E-state index < -0.39 is 0 Å². The van der Waals surface area contributed by atoms with Gasteiger partial charge in [-0.15, -0.1) is 11.3 Å². The second-order valence-electron chi connectivity index (χ2n) is 9.05. The fraction of sp³-hybridized carbons (Fsp3) is 0.370. The maximum absolute atomic E-state index is 13.4. The number of thiophene rings is 1. The van der Waals surface area contributed by atoms with E-state index in [-0.39, 0.29) is 23.7 Å². The minimum atomic E-state index is -0.217. The number of anilines is 1. The number of halogens is 1. The molecule has 5 nitrogen and oxygen atoms in total. The van der Waals surface area contributed by atoms with Crippen LogP contribution in [-0.2, 0) is 24.2 Å². The molecular weight excluding hydrogens is 449 g/mol. The van der Waals surface area contributed by atoms with Crippen LogP contribution in [0.1, 0.15) is 16.0 Å². The fourth-order valence-corrected chi connectivity index (χ4v) is 5.86. The van der Waals surface area contributed by atoms with Gasteiger partial charge in [-0.25, -0.2) is 4.39 Å². The predicted molar refractivity (Wildman–Crippen MR) is 134 cm³/mol. The van der Waals surface area contributed by atoms with Crippen LogP contribution in [0.3, 0.4) is 0 Å². The SMILES string of the molecule is COc1ccc2c(c1)N1CCN(Cc3ccc(F)cc3)CC1C(C(=O)NCCc1cccs1)C2. The number of ether oxygens (including phenoxy) is 1. The number of nitrogens with one attached hydrogen (secondary N) is 1. The summed E-state index contributed by atoms with van der Waals surface area (Å²) >= 11 is 1.72. The molecule has 2 atom stereocenters. The van der Waals surface area contributed by atoms with E-state index in [9.17, 15) is 9.18 Å². The van der Waals surface area contributed by atoms with Gasteiger partial charge >= 0.3 is 0 Å². The summed E-state index contributed by atoms with van der Waals surface area (Å²) in [5, 5.41) is 5.27. The molecule has 1 aromatic heterocycles. The monoisotopic (exact) mass is 479 g/mol. The minimum Gasteiger partial charge on any atom is -0.497 e. The summed E-state index contributed by atoms with van der Waals surface area (Å²) in [6.45, 7) is 3.92. The number of rotatable bonds is 7. The number of nitrogens with zero attached hydrogens (tertiary/aromatic N) is 2. The van der Waals surface area contributed by atoms with Crippen molar-refractivity contribution in [1.82, 2.24) is 10.2 Å². The van der Waals surface area contributed by atoms with Crippen molar-refractivity contribution in [2.75, 3.05) is 38.2 Å². The number of carbonyl (C=O) groups excluding carboxylic acids is 1. The van der Waals surface area contributed by atoms with E-state index in [0.29, 0.717) is 6.54 Å². The molecule has 2 aliphatic rings. The number of amides is 1. The zero-order chi connectivity index (χ0) is 23.5. The van der Waals surface area contributed by atoms with Crippen molar-refractivity contribution in [3.63, 3.8) is 0 Å². The summed E-state index contributed by atoms with van der Waals surface area (Å²) in [5.74, 6) is 0.618. The second-order valence-corrected chi connectivity index (χ2v) is 10.1. The molecule has 1 amide bonds. The van der Waals surface area contributed by atoms with Gasteiger partial charge in [0.25, 0.3) is 0 Å². The van der Waals surface area contributed by atoms with Gasteiger partial charge in [0.1, 0.15) is 11.6 Å². The Hall–Kier alpha value is -2.90. The Morgan fingerprint density at radius 2 is 2.03 bits per heavy atom. The molecule has 2 unspecified atom stereocenters. The van der Waals surface area contributed by atoms with Crippen molar-refractivity contribution in [2.24, 2.45) is 5.92 Å². The Morgan fingerprint density at radius 1 is 1.18 bits per heavy atom. The van der Waals surface area contributed by atoms with Gasteiger partial charge in [-0.3, -0.25) is 9.69 Å². The lowest BCUT2D eigenvalue weighted by atomic mass is 9.83. The first kappa shape index (κ1) is 22.9. The van der Waals surface area contributed by atoms with Gasteiger partial charge in [-0.2, -0.15) is 0 Å². The molecule has 34 heavy (non-hydrogen) atoms. The number of hydrogen-bond donors (Lipinski definition) is 1. The van der Waals surface area contributed by atoms with E-state index in [1.54, 1.807) is 18.4 Å². The summed E-state index contributed by atoms with van der Waals surface area (Å²) in [7, 11) is 1.69. The maximum atomic E-state index is 13.4. The Bertz CT molecular complexity index is 1120. The van der Waals surface area contributed by atoms with Gasteiger partial charge in [-0.1, -0.05) is 24.3 Å². The smallest absolute Gasteiger partial charge is 0.225 e. The zero-order valence-corrected chi connectivity index (χ0v) is 20.2. The molecule has 2 aliphatic heterocycles. The highest BCUT2D eigenvalue weighted by atomic mass is 32.1. The highest BCUT2D eigenvalue weighted by molar-refractivity contribution is 7.09. The van der Waals surface area contributed by atoms with Crippen LogP contribution in [0.15, 0.2) is 60.0 Å². The lowest BCUT2D eigenvalue weighted by molar-refractivity contribution is -0.126. The maximum Gasteiger partial charge on any atom is 0.225 e. The van der Waals surface area contributed by atoms with Crippen LogP contribution in [0.4, 0.5) is 10.1 Å². The minimum absolute atomic E-state index is 0.0792. The molecule has 3 aromatic rings. The van der Waals surface area contributed by atoms with Crippen LogP contribution < -0.4 is 15.0 Å². The van der Waals surface area contributed by atoms with Gasteiger partial charge in [0.15, 0.2) is 0 Å². The third-order valence-corrected chi connectivity index (χ3v) is 7.85. The van der Waals surface area contributed by atoms with Crippen molar-refractivity contribution >= 4 is 22.9 Å². The third-order valence-electron chi connectivity index (χ3n) is 6.92. The molecule has 0 bridgehead atoms. The van der Waals surface area contributed by atoms with Crippen LogP contribution in [0.5, 0.6) is 5.75 Å². The molecule has 3 heterocycles. The van der Waals surface area contributed by atoms with Crippen molar-refractivity contribution in [1.29, 1.82) is 0 Å². The molecule has 1 N–H and O–H groups in total. The van der Waals surface area contributed by atoms with E-state index >= 15 is 0 Å². The normalized spacial score (nSPS) is 19.9. The van der Waals surface area contributed by atoms with Crippen LogP contribution in [0, 0.1) is 11.7 Å². The Morgan fingerprint density at radius 3 is 2.79 bits per heavy atom. The molecule has 2 aromatic carbocycles. The summed E-state index contributed by atoms with van der Waals surface area (Å²) in [6, 6.07) is 17.1. The van der Waals surface area contributed by atoms with Gasteiger partial charge in [0.05, 0.1) is 19.1 Å². The van der Waals surface area contributed by atoms with Crippen molar-refractivity contribution in [2.45, 2.75) is 25.4 Å². The largest absolute Gasteiger partial charge is 0.497 e. The van der Waals surface area contributed by atoms with E-state index in [1.165, 1.54) is 28.3 Å². The summed E-state index contributed by atoms with van der Waals surface area (Å²) in [6.07, 6.45) is 1.57.